The Morgan fingerprint density at radius 1 is 1.12 bits per heavy atom. The topological polar surface area (TPSA) is 95.2 Å². The van der Waals surface area contributed by atoms with Crippen LogP contribution in [0.5, 0.6) is 5.75 Å². The van der Waals surface area contributed by atoms with E-state index in [0.29, 0.717) is 23.2 Å². The number of aromatic amines is 1. The van der Waals surface area contributed by atoms with Gasteiger partial charge in [0.1, 0.15) is 17.4 Å². The van der Waals surface area contributed by atoms with E-state index in [1.54, 1.807) is 24.2 Å². The second-order valence-corrected chi connectivity index (χ2v) is 7.70. The molecule has 2 aromatic heterocycles. The molecule has 1 aliphatic rings. The van der Waals surface area contributed by atoms with E-state index in [1.807, 2.05) is 66.7 Å². The zero-order valence-corrected chi connectivity index (χ0v) is 18.0. The number of aromatic nitrogens is 4. The van der Waals surface area contributed by atoms with Gasteiger partial charge in [-0.25, -0.2) is 9.67 Å². The van der Waals surface area contributed by atoms with E-state index in [-0.39, 0.29) is 5.91 Å². The summed E-state index contributed by atoms with van der Waals surface area (Å²) in [5.74, 6) is 1.02. The molecule has 5 rings (SSSR count). The van der Waals surface area contributed by atoms with E-state index in [2.05, 4.69) is 27.2 Å². The SMILES string of the molecule is C=C1Nc2nc(-c3ccccc3)nn2C(c2ccc(OC)cc2)C1C(=O)Nc1ccc[nH+]c1. The molecular weight excluding hydrogens is 416 g/mol. The summed E-state index contributed by atoms with van der Waals surface area (Å²) in [7, 11) is 1.62. The number of pyridine rings is 1. The average molecular weight is 439 g/mol. The van der Waals surface area contributed by atoms with Crippen molar-refractivity contribution in [3.63, 3.8) is 0 Å². The standard InChI is InChI=1S/C25H22N6O2/c1-16-21(24(32)28-19-9-6-14-26-15-19)22(17-10-12-20(33-2)13-11-17)31-25(27-16)29-23(30-31)18-7-4-3-5-8-18/h3-15,21-22H,1H2,2H3,(H,28,32)(H,27,29,30)/p+1. The highest BCUT2D eigenvalue weighted by atomic mass is 16.5. The number of hydrogen-bond donors (Lipinski definition) is 2. The Balaban J connectivity index is 1.59. The number of H-pyrrole nitrogens is 1. The van der Waals surface area contributed by atoms with Gasteiger partial charge in [-0.15, -0.1) is 5.10 Å². The summed E-state index contributed by atoms with van der Waals surface area (Å²) in [6.07, 6.45) is 3.51. The molecule has 164 valence electrons. The minimum Gasteiger partial charge on any atom is -0.497 e. The Hall–Kier alpha value is -4.46. The first-order chi connectivity index (χ1) is 16.1. The highest BCUT2D eigenvalue weighted by molar-refractivity contribution is 5.95. The molecule has 0 bridgehead atoms. The first kappa shape index (κ1) is 20.4. The van der Waals surface area contributed by atoms with Gasteiger partial charge in [0.05, 0.1) is 13.2 Å². The van der Waals surface area contributed by atoms with Crippen molar-refractivity contribution >= 4 is 17.5 Å². The van der Waals surface area contributed by atoms with Crippen molar-refractivity contribution in [3.8, 4) is 17.1 Å². The van der Waals surface area contributed by atoms with E-state index >= 15 is 0 Å². The predicted molar refractivity (Wildman–Crippen MR) is 124 cm³/mol. The number of rotatable bonds is 5. The molecule has 0 fully saturated rings. The number of nitrogens with zero attached hydrogens (tertiary/aromatic N) is 3. The quantitative estimate of drug-likeness (QED) is 0.496. The number of fused-ring (bicyclic) bond motifs is 1. The molecule has 8 nitrogen and oxygen atoms in total. The number of amides is 1. The molecule has 2 unspecified atom stereocenters. The van der Waals surface area contributed by atoms with Crippen molar-refractivity contribution in [3.05, 3.63) is 97.0 Å². The molecule has 0 radical (unpaired) electrons. The van der Waals surface area contributed by atoms with Gasteiger partial charge in [0.25, 0.3) is 0 Å². The summed E-state index contributed by atoms with van der Waals surface area (Å²) >= 11 is 0. The molecule has 3 heterocycles. The monoisotopic (exact) mass is 439 g/mol. The number of nitrogens with one attached hydrogen (secondary N) is 3. The van der Waals surface area contributed by atoms with Gasteiger partial charge in [-0.2, -0.15) is 4.98 Å². The van der Waals surface area contributed by atoms with Crippen molar-refractivity contribution < 1.29 is 14.5 Å². The summed E-state index contributed by atoms with van der Waals surface area (Å²) in [6, 6.07) is 20.6. The highest BCUT2D eigenvalue weighted by Gasteiger charge is 2.40. The molecular formula is C25H23N6O2+. The Morgan fingerprint density at radius 3 is 2.61 bits per heavy atom. The average Bonchev–Trinajstić information content (AvgIpc) is 3.28. The lowest BCUT2D eigenvalue weighted by Crippen LogP contribution is -2.39. The van der Waals surface area contributed by atoms with Crippen LogP contribution in [0.2, 0.25) is 0 Å². The van der Waals surface area contributed by atoms with E-state index in [9.17, 15) is 4.79 Å². The molecule has 1 amide bonds. The molecule has 0 aliphatic carbocycles. The van der Waals surface area contributed by atoms with Crippen LogP contribution in [-0.2, 0) is 4.79 Å². The van der Waals surface area contributed by atoms with Crippen molar-refractivity contribution in [1.82, 2.24) is 14.8 Å². The molecule has 1 aliphatic heterocycles. The minimum absolute atomic E-state index is 0.199. The number of carbonyl (C=O) groups is 1. The molecule has 8 heteroatoms. The van der Waals surface area contributed by atoms with Crippen LogP contribution in [-0.4, -0.2) is 27.8 Å². The molecule has 2 aromatic carbocycles. The minimum atomic E-state index is -0.628. The molecule has 3 N–H and O–H groups in total. The van der Waals surface area contributed by atoms with Crippen molar-refractivity contribution in [2.45, 2.75) is 6.04 Å². The maximum absolute atomic E-state index is 13.5. The molecule has 2 atom stereocenters. The molecule has 4 aromatic rings. The summed E-state index contributed by atoms with van der Waals surface area (Å²) in [4.78, 5) is 21.1. The van der Waals surface area contributed by atoms with Gasteiger partial charge < -0.3 is 15.4 Å². The van der Waals surface area contributed by atoms with Crippen molar-refractivity contribution in [2.24, 2.45) is 5.92 Å². The predicted octanol–water partition coefficient (Wildman–Crippen LogP) is 3.55. The molecule has 0 spiro atoms. The molecule has 0 saturated carbocycles. The second-order valence-electron chi connectivity index (χ2n) is 7.70. The first-order valence-electron chi connectivity index (χ1n) is 10.5. The largest absolute Gasteiger partial charge is 0.497 e. The Bertz CT molecular complexity index is 1290. The number of anilines is 2. The first-order valence-corrected chi connectivity index (χ1v) is 10.5. The highest BCUT2D eigenvalue weighted by Crippen LogP contribution is 2.39. The van der Waals surface area contributed by atoms with Crippen LogP contribution in [0, 0.1) is 5.92 Å². The fourth-order valence-electron chi connectivity index (χ4n) is 3.99. The van der Waals surface area contributed by atoms with Gasteiger partial charge in [0.2, 0.25) is 11.9 Å². The van der Waals surface area contributed by atoms with Crippen LogP contribution in [0.3, 0.4) is 0 Å². The fourth-order valence-corrected chi connectivity index (χ4v) is 3.99. The van der Waals surface area contributed by atoms with Gasteiger partial charge in [-0.05, 0) is 23.8 Å². The summed E-state index contributed by atoms with van der Waals surface area (Å²) in [5, 5.41) is 10.9. The zero-order valence-electron chi connectivity index (χ0n) is 18.0. The molecule has 0 saturated heterocycles. The number of benzene rings is 2. The van der Waals surface area contributed by atoms with Crippen molar-refractivity contribution in [1.29, 1.82) is 0 Å². The van der Waals surface area contributed by atoms with Crippen molar-refractivity contribution in [2.75, 3.05) is 17.7 Å². The van der Waals surface area contributed by atoms with Gasteiger partial charge in [0.15, 0.2) is 18.2 Å². The Kier molecular flexibility index (Phi) is 5.32. The van der Waals surface area contributed by atoms with E-state index in [4.69, 9.17) is 9.84 Å². The van der Waals surface area contributed by atoms with Gasteiger partial charge in [-0.1, -0.05) is 49.0 Å². The van der Waals surface area contributed by atoms with Crippen LogP contribution in [0.4, 0.5) is 11.6 Å². The maximum Gasteiger partial charge on any atom is 0.236 e. The second kappa shape index (κ2) is 8.58. The lowest BCUT2D eigenvalue weighted by molar-refractivity contribution is -0.377. The summed E-state index contributed by atoms with van der Waals surface area (Å²) in [5.41, 5.74) is 3.00. The lowest BCUT2D eigenvalue weighted by atomic mass is 9.88. The van der Waals surface area contributed by atoms with E-state index < -0.39 is 12.0 Å². The smallest absolute Gasteiger partial charge is 0.236 e. The Morgan fingerprint density at radius 2 is 1.91 bits per heavy atom. The third-order valence-corrected chi connectivity index (χ3v) is 5.60. The third kappa shape index (κ3) is 3.94. The third-order valence-electron chi connectivity index (χ3n) is 5.60. The maximum atomic E-state index is 13.5. The van der Waals surface area contributed by atoms with Crippen LogP contribution < -0.4 is 20.4 Å². The van der Waals surface area contributed by atoms with E-state index in [0.717, 1.165) is 16.9 Å². The number of hydrogen-bond acceptors (Lipinski definition) is 5. The van der Waals surface area contributed by atoms with Crippen LogP contribution in [0.1, 0.15) is 11.6 Å². The molecule has 33 heavy (non-hydrogen) atoms. The normalized spacial score (nSPS) is 17.1. The van der Waals surface area contributed by atoms with Crippen LogP contribution in [0.15, 0.2) is 91.4 Å². The van der Waals surface area contributed by atoms with Gasteiger partial charge in [-0.3, -0.25) is 4.79 Å². The zero-order chi connectivity index (χ0) is 22.8. The summed E-state index contributed by atoms with van der Waals surface area (Å²) in [6.45, 7) is 4.16. The fraction of sp³-hybridized carbons (Fsp3) is 0.120. The van der Waals surface area contributed by atoms with Gasteiger partial charge >= 0.3 is 0 Å². The van der Waals surface area contributed by atoms with E-state index in [1.165, 1.54) is 0 Å². The number of ether oxygens (including phenoxy) is 1. The number of methoxy groups -OCH3 is 1. The van der Waals surface area contributed by atoms with Crippen LogP contribution >= 0.6 is 0 Å². The number of carbonyl (C=O) groups excluding carboxylic acids is 1. The summed E-state index contributed by atoms with van der Waals surface area (Å²) < 4.78 is 7.08. The van der Waals surface area contributed by atoms with Crippen LogP contribution in [0.25, 0.3) is 11.4 Å². The van der Waals surface area contributed by atoms with Gasteiger partial charge in [0, 0.05) is 17.3 Å². The lowest BCUT2D eigenvalue weighted by Gasteiger charge is -2.33. The Labute approximate surface area is 191 Å².